The van der Waals surface area contributed by atoms with E-state index in [1.54, 1.807) is 0 Å². The van der Waals surface area contributed by atoms with Crippen molar-refractivity contribution in [2.45, 2.75) is 25.5 Å². The number of halogens is 1. The molecular weight excluding hydrogens is 241 g/mol. The van der Waals surface area contributed by atoms with Crippen molar-refractivity contribution in [3.8, 4) is 0 Å². The summed E-state index contributed by atoms with van der Waals surface area (Å²) in [5.74, 6) is -1.05. The van der Waals surface area contributed by atoms with Crippen molar-refractivity contribution in [3.63, 3.8) is 0 Å². The van der Waals surface area contributed by atoms with E-state index >= 15 is 0 Å². The first kappa shape index (κ1) is 12.4. The normalized spacial score (nSPS) is 19.6. The Morgan fingerprint density at radius 1 is 1.56 bits per heavy atom. The number of carbonyl (C=O) groups is 2. The quantitative estimate of drug-likeness (QED) is 0.656. The van der Waals surface area contributed by atoms with E-state index in [9.17, 15) is 14.0 Å². The molecule has 3 N–H and O–H groups in total. The van der Waals surface area contributed by atoms with Gasteiger partial charge in [-0.2, -0.15) is 0 Å². The van der Waals surface area contributed by atoms with E-state index < -0.39 is 24.4 Å². The van der Waals surface area contributed by atoms with Gasteiger partial charge in [-0.1, -0.05) is 0 Å². The van der Waals surface area contributed by atoms with E-state index in [1.807, 2.05) is 0 Å². The first-order valence-electron chi connectivity index (χ1n) is 5.45. The molecule has 1 aliphatic heterocycles. The molecule has 18 heavy (non-hydrogen) atoms. The molecule has 2 heterocycles. The van der Waals surface area contributed by atoms with Crippen LogP contribution in [0.1, 0.15) is 18.4 Å². The molecule has 1 aliphatic rings. The van der Waals surface area contributed by atoms with Crippen LogP contribution in [0.2, 0.25) is 0 Å². The first-order valence-corrected chi connectivity index (χ1v) is 5.45. The van der Waals surface area contributed by atoms with Crippen molar-refractivity contribution in [2.24, 2.45) is 0 Å². The van der Waals surface area contributed by atoms with E-state index in [4.69, 9.17) is 5.11 Å². The summed E-state index contributed by atoms with van der Waals surface area (Å²) >= 11 is 0. The lowest BCUT2D eigenvalue weighted by atomic mass is 10.1. The summed E-state index contributed by atoms with van der Waals surface area (Å²) in [6.45, 7) is -0.446. The number of aromatic nitrogens is 1. The van der Waals surface area contributed by atoms with E-state index in [-0.39, 0.29) is 23.7 Å². The van der Waals surface area contributed by atoms with Gasteiger partial charge in [-0.05, 0) is 12.5 Å². The van der Waals surface area contributed by atoms with Gasteiger partial charge in [-0.3, -0.25) is 14.9 Å². The van der Waals surface area contributed by atoms with Gasteiger partial charge in [0, 0.05) is 12.0 Å². The number of hydrogen-bond acceptors (Lipinski definition) is 5. The first-order chi connectivity index (χ1) is 8.60. The minimum absolute atomic E-state index is 0.0970. The number of nitrogens with one attached hydrogen (secondary N) is 2. The van der Waals surface area contributed by atoms with Crippen LogP contribution in [0, 0.1) is 5.82 Å². The zero-order chi connectivity index (χ0) is 13.1. The number of nitrogens with zero attached hydrogens (tertiary/aromatic N) is 1. The number of hydrogen-bond donors (Lipinski definition) is 3. The fraction of sp³-hybridized carbons (Fsp3) is 0.364. The van der Waals surface area contributed by atoms with Crippen molar-refractivity contribution in [3.05, 3.63) is 23.6 Å². The molecule has 0 spiro atoms. The maximum absolute atomic E-state index is 13.1. The molecule has 0 aliphatic carbocycles. The van der Waals surface area contributed by atoms with Gasteiger partial charge in [-0.15, -0.1) is 0 Å². The Morgan fingerprint density at radius 2 is 2.33 bits per heavy atom. The average molecular weight is 253 g/mol. The summed E-state index contributed by atoms with van der Waals surface area (Å²) in [4.78, 5) is 26.2. The number of rotatable bonds is 3. The maximum Gasteiger partial charge on any atom is 0.249 e. The van der Waals surface area contributed by atoms with Crippen LogP contribution in [-0.2, 0) is 16.2 Å². The second kappa shape index (κ2) is 5.09. The predicted molar refractivity (Wildman–Crippen MR) is 59.9 cm³/mol. The summed E-state index contributed by atoms with van der Waals surface area (Å²) in [6, 6.07) is 0.756. The van der Waals surface area contributed by atoms with Crippen LogP contribution in [0.4, 0.5) is 10.2 Å². The third kappa shape index (κ3) is 2.62. The Kier molecular flexibility index (Phi) is 3.52. The second-order valence-corrected chi connectivity index (χ2v) is 3.97. The third-order valence-electron chi connectivity index (χ3n) is 2.67. The largest absolute Gasteiger partial charge is 0.392 e. The molecule has 1 aromatic heterocycles. The van der Waals surface area contributed by atoms with Crippen molar-refractivity contribution in [1.29, 1.82) is 0 Å². The number of anilines is 1. The highest BCUT2D eigenvalue weighted by Gasteiger charge is 2.26. The van der Waals surface area contributed by atoms with E-state index in [0.717, 1.165) is 6.20 Å². The lowest BCUT2D eigenvalue weighted by molar-refractivity contribution is -0.133. The zero-order valence-electron chi connectivity index (χ0n) is 9.44. The monoisotopic (exact) mass is 253 g/mol. The molecule has 1 unspecified atom stereocenters. The highest BCUT2D eigenvalue weighted by atomic mass is 19.1. The summed E-state index contributed by atoms with van der Waals surface area (Å²) in [5, 5.41) is 13.9. The van der Waals surface area contributed by atoms with Gasteiger partial charge in [0.25, 0.3) is 0 Å². The Balaban J connectivity index is 2.09. The number of aliphatic hydroxyl groups excluding tert-OH is 1. The third-order valence-corrected chi connectivity index (χ3v) is 2.67. The molecule has 2 amide bonds. The van der Waals surface area contributed by atoms with Crippen LogP contribution in [0.15, 0.2) is 12.3 Å². The molecule has 0 saturated carbocycles. The number of pyridine rings is 1. The van der Waals surface area contributed by atoms with E-state index in [0.29, 0.717) is 6.42 Å². The fourth-order valence-corrected chi connectivity index (χ4v) is 1.69. The molecule has 6 nitrogen and oxygen atoms in total. The van der Waals surface area contributed by atoms with Gasteiger partial charge in [-0.25, -0.2) is 9.37 Å². The van der Waals surface area contributed by atoms with Crippen LogP contribution in [-0.4, -0.2) is 27.9 Å². The lowest BCUT2D eigenvalue weighted by Gasteiger charge is -2.22. The lowest BCUT2D eigenvalue weighted by Crippen LogP contribution is -2.47. The standard InChI is InChI=1S/C11H12FN3O3/c12-7-4-13-9(3-6(7)5-16)14-8-1-2-10(17)15-11(8)18/h3-4,8,16H,1-2,5H2,(H,13,14)(H,15,17,18). The minimum Gasteiger partial charge on any atom is -0.392 e. The molecule has 7 heteroatoms. The van der Waals surface area contributed by atoms with Crippen molar-refractivity contribution >= 4 is 17.6 Å². The summed E-state index contributed by atoms with van der Waals surface area (Å²) < 4.78 is 13.1. The Labute approximate surface area is 102 Å². The van der Waals surface area contributed by atoms with Crippen molar-refractivity contribution in [1.82, 2.24) is 10.3 Å². The van der Waals surface area contributed by atoms with Gasteiger partial charge < -0.3 is 10.4 Å². The molecule has 1 fully saturated rings. The smallest absolute Gasteiger partial charge is 0.249 e. The number of carbonyl (C=O) groups excluding carboxylic acids is 2. The van der Waals surface area contributed by atoms with Gasteiger partial charge >= 0.3 is 0 Å². The number of amides is 2. The van der Waals surface area contributed by atoms with Gasteiger partial charge in [0.1, 0.15) is 17.7 Å². The summed E-state index contributed by atoms with van der Waals surface area (Å²) in [5.41, 5.74) is 0.0970. The molecule has 1 atom stereocenters. The van der Waals surface area contributed by atoms with Gasteiger partial charge in [0.15, 0.2) is 0 Å². The molecule has 1 aromatic rings. The SMILES string of the molecule is O=C1CCC(Nc2cc(CO)c(F)cn2)C(=O)N1. The fourth-order valence-electron chi connectivity index (χ4n) is 1.69. The number of aliphatic hydroxyl groups is 1. The average Bonchev–Trinajstić information content (AvgIpc) is 2.35. The van der Waals surface area contributed by atoms with Crippen molar-refractivity contribution in [2.75, 3.05) is 5.32 Å². The molecule has 96 valence electrons. The van der Waals surface area contributed by atoms with Crippen LogP contribution >= 0.6 is 0 Å². The molecule has 0 aromatic carbocycles. The highest BCUT2D eigenvalue weighted by molar-refractivity contribution is 6.01. The number of piperidine rings is 1. The number of imide groups is 1. The zero-order valence-corrected chi connectivity index (χ0v) is 9.44. The second-order valence-electron chi connectivity index (χ2n) is 3.97. The topological polar surface area (TPSA) is 91.3 Å². The van der Waals surface area contributed by atoms with Crippen LogP contribution in [0.25, 0.3) is 0 Å². The van der Waals surface area contributed by atoms with E-state index in [2.05, 4.69) is 15.6 Å². The molecule has 2 rings (SSSR count). The molecule has 0 radical (unpaired) electrons. The minimum atomic E-state index is -0.605. The Morgan fingerprint density at radius 3 is 3.00 bits per heavy atom. The van der Waals surface area contributed by atoms with Crippen LogP contribution in [0.3, 0.4) is 0 Å². The van der Waals surface area contributed by atoms with Gasteiger partial charge in [0.2, 0.25) is 11.8 Å². The van der Waals surface area contributed by atoms with Gasteiger partial charge in [0.05, 0.1) is 12.8 Å². The van der Waals surface area contributed by atoms with Crippen LogP contribution < -0.4 is 10.6 Å². The summed E-state index contributed by atoms with van der Waals surface area (Å²) in [6.07, 6.45) is 1.58. The highest BCUT2D eigenvalue weighted by Crippen LogP contribution is 2.15. The molecule has 0 bridgehead atoms. The van der Waals surface area contributed by atoms with Crippen molar-refractivity contribution < 1.29 is 19.1 Å². The maximum atomic E-state index is 13.1. The Hall–Kier alpha value is -2.02. The summed E-state index contributed by atoms with van der Waals surface area (Å²) in [7, 11) is 0. The van der Waals surface area contributed by atoms with E-state index in [1.165, 1.54) is 6.07 Å². The molecule has 1 saturated heterocycles. The molecular formula is C11H12FN3O3. The predicted octanol–water partition coefficient (Wildman–Crippen LogP) is -0.0699. The van der Waals surface area contributed by atoms with Crippen LogP contribution in [0.5, 0.6) is 0 Å². The Bertz CT molecular complexity index is 492.